The molecule has 0 atom stereocenters. The van der Waals surface area contributed by atoms with Gasteiger partial charge < -0.3 is 4.74 Å². The first-order valence-electron chi connectivity index (χ1n) is 7.02. The Morgan fingerprint density at radius 1 is 1.05 bits per heavy atom. The van der Waals surface area contributed by atoms with Crippen molar-refractivity contribution in [3.05, 3.63) is 81.4 Å². The molecule has 3 rings (SSSR count). The predicted molar refractivity (Wildman–Crippen MR) is 89.4 cm³/mol. The molecule has 0 radical (unpaired) electrons. The largest absolute Gasteiger partial charge is 0.422 e. The van der Waals surface area contributed by atoms with Crippen molar-refractivity contribution in [3.63, 3.8) is 0 Å². The van der Waals surface area contributed by atoms with Gasteiger partial charge >= 0.3 is 5.97 Å². The van der Waals surface area contributed by atoms with Crippen molar-refractivity contribution in [2.45, 2.75) is 13.8 Å². The molecule has 3 heteroatoms. The van der Waals surface area contributed by atoms with Gasteiger partial charge in [0.1, 0.15) is 5.76 Å². The summed E-state index contributed by atoms with van der Waals surface area (Å²) in [6, 6.07) is 13.4. The van der Waals surface area contributed by atoms with Gasteiger partial charge in [0.15, 0.2) is 0 Å². The molecular weight excluding hydrogens is 296 g/mol. The van der Waals surface area contributed by atoms with Gasteiger partial charge in [0.05, 0.1) is 5.57 Å². The molecule has 0 aliphatic carbocycles. The number of cyclic esters (lactones) is 1. The Hall–Kier alpha value is -2.32. The minimum absolute atomic E-state index is 0.329. The van der Waals surface area contributed by atoms with E-state index >= 15 is 0 Å². The second-order valence-electron chi connectivity index (χ2n) is 5.37. The number of ether oxygens (including phenoxy) is 1. The second-order valence-corrected chi connectivity index (χ2v) is 5.80. The Morgan fingerprint density at radius 2 is 1.77 bits per heavy atom. The highest BCUT2D eigenvalue weighted by Gasteiger charge is 2.22. The standard InChI is InChI=1S/C19H15ClO2/c1-12-3-8-17(13(2)9-12)18-11-15(19(21)22-18)10-14-4-6-16(20)7-5-14/h3-11H,1-2H3. The Balaban J connectivity index is 1.96. The van der Waals surface area contributed by atoms with Gasteiger partial charge in [-0.25, -0.2) is 4.79 Å². The molecule has 0 unspecified atom stereocenters. The first kappa shape index (κ1) is 14.6. The number of hydrogen-bond acceptors (Lipinski definition) is 2. The SMILES string of the molecule is Cc1ccc(C2=CC(=Cc3ccc(Cl)cc3)C(=O)O2)c(C)c1. The number of carbonyl (C=O) groups is 1. The third kappa shape index (κ3) is 2.97. The lowest BCUT2D eigenvalue weighted by molar-refractivity contribution is -0.130. The van der Waals surface area contributed by atoms with Crippen molar-refractivity contribution < 1.29 is 9.53 Å². The first-order chi connectivity index (χ1) is 10.5. The Labute approximate surface area is 134 Å². The topological polar surface area (TPSA) is 26.3 Å². The average Bonchev–Trinajstić information content (AvgIpc) is 2.82. The maximum atomic E-state index is 12.0. The van der Waals surface area contributed by atoms with Crippen LogP contribution in [-0.4, -0.2) is 5.97 Å². The second kappa shape index (κ2) is 5.82. The van der Waals surface area contributed by atoms with Crippen molar-refractivity contribution in [1.82, 2.24) is 0 Å². The predicted octanol–water partition coefficient (Wildman–Crippen LogP) is 4.94. The van der Waals surface area contributed by atoms with Crippen LogP contribution >= 0.6 is 11.6 Å². The molecule has 0 N–H and O–H groups in total. The molecule has 2 nitrogen and oxygen atoms in total. The third-order valence-corrected chi connectivity index (χ3v) is 3.82. The van der Waals surface area contributed by atoms with E-state index in [1.54, 1.807) is 24.3 Å². The number of hydrogen-bond donors (Lipinski definition) is 0. The molecule has 22 heavy (non-hydrogen) atoms. The van der Waals surface area contributed by atoms with Crippen LogP contribution in [-0.2, 0) is 9.53 Å². The van der Waals surface area contributed by atoms with Crippen molar-refractivity contribution >= 4 is 29.4 Å². The summed E-state index contributed by atoms with van der Waals surface area (Å²) >= 11 is 5.87. The van der Waals surface area contributed by atoms with Gasteiger partial charge in [-0.15, -0.1) is 0 Å². The fourth-order valence-electron chi connectivity index (χ4n) is 2.45. The normalized spacial score (nSPS) is 15.9. The van der Waals surface area contributed by atoms with E-state index in [9.17, 15) is 4.79 Å². The molecule has 0 aromatic heterocycles. The number of esters is 1. The van der Waals surface area contributed by atoms with Gasteiger partial charge in [-0.05, 0) is 49.3 Å². The summed E-state index contributed by atoms with van der Waals surface area (Å²) in [6.07, 6.45) is 3.59. The van der Waals surface area contributed by atoms with Crippen molar-refractivity contribution in [3.8, 4) is 0 Å². The quantitative estimate of drug-likeness (QED) is 0.580. The molecule has 2 aromatic rings. The fraction of sp³-hybridized carbons (Fsp3) is 0.105. The van der Waals surface area contributed by atoms with Gasteiger partial charge in [0, 0.05) is 10.6 Å². The minimum atomic E-state index is -0.329. The summed E-state index contributed by atoms with van der Waals surface area (Å²) in [7, 11) is 0. The zero-order valence-electron chi connectivity index (χ0n) is 12.4. The van der Waals surface area contributed by atoms with Crippen molar-refractivity contribution in [2.24, 2.45) is 0 Å². The van der Waals surface area contributed by atoms with E-state index in [1.807, 2.05) is 38.1 Å². The molecule has 1 aliphatic heterocycles. The van der Waals surface area contributed by atoms with Crippen LogP contribution in [0.15, 0.2) is 54.1 Å². The molecular formula is C19H15ClO2. The third-order valence-electron chi connectivity index (χ3n) is 3.56. The molecule has 0 fully saturated rings. The molecule has 110 valence electrons. The van der Waals surface area contributed by atoms with Crippen LogP contribution in [0.3, 0.4) is 0 Å². The highest BCUT2D eigenvalue weighted by molar-refractivity contribution is 6.30. The van der Waals surface area contributed by atoms with Crippen LogP contribution in [0.5, 0.6) is 0 Å². The Bertz CT molecular complexity index is 799. The Morgan fingerprint density at radius 3 is 2.45 bits per heavy atom. The Kier molecular flexibility index (Phi) is 3.86. The van der Waals surface area contributed by atoms with E-state index in [1.165, 1.54) is 5.56 Å². The maximum absolute atomic E-state index is 12.0. The zero-order valence-corrected chi connectivity index (χ0v) is 13.1. The molecule has 2 aromatic carbocycles. The van der Waals surface area contributed by atoms with Gasteiger partial charge in [0.2, 0.25) is 0 Å². The van der Waals surface area contributed by atoms with E-state index < -0.39 is 0 Å². The van der Waals surface area contributed by atoms with Gasteiger partial charge in [-0.2, -0.15) is 0 Å². The van der Waals surface area contributed by atoms with Crippen LogP contribution < -0.4 is 0 Å². The summed E-state index contributed by atoms with van der Waals surface area (Å²) in [5.41, 5.74) is 4.67. The smallest absolute Gasteiger partial charge is 0.343 e. The van der Waals surface area contributed by atoms with E-state index in [4.69, 9.17) is 16.3 Å². The molecule has 0 saturated heterocycles. The molecule has 0 bridgehead atoms. The van der Waals surface area contributed by atoms with Gasteiger partial charge in [-0.1, -0.05) is 47.5 Å². The van der Waals surface area contributed by atoms with Crippen LogP contribution in [0, 0.1) is 13.8 Å². The monoisotopic (exact) mass is 310 g/mol. The van der Waals surface area contributed by atoms with Crippen molar-refractivity contribution in [1.29, 1.82) is 0 Å². The molecule has 0 saturated carbocycles. The first-order valence-corrected chi connectivity index (χ1v) is 7.39. The number of benzene rings is 2. The minimum Gasteiger partial charge on any atom is -0.422 e. The number of halogens is 1. The van der Waals surface area contributed by atoms with E-state index in [0.29, 0.717) is 16.4 Å². The molecule has 0 spiro atoms. The van der Waals surface area contributed by atoms with Crippen LogP contribution in [0.25, 0.3) is 11.8 Å². The van der Waals surface area contributed by atoms with Crippen LogP contribution in [0.1, 0.15) is 22.3 Å². The maximum Gasteiger partial charge on any atom is 0.343 e. The van der Waals surface area contributed by atoms with Crippen LogP contribution in [0.2, 0.25) is 5.02 Å². The summed E-state index contributed by atoms with van der Waals surface area (Å²) in [6.45, 7) is 4.05. The van der Waals surface area contributed by atoms with Gasteiger partial charge in [0.25, 0.3) is 0 Å². The van der Waals surface area contributed by atoms with Gasteiger partial charge in [-0.3, -0.25) is 0 Å². The van der Waals surface area contributed by atoms with E-state index in [2.05, 4.69) is 6.07 Å². The lowest BCUT2D eigenvalue weighted by Crippen LogP contribution is -1.98. The lowest BCUT2D eigenvalue weighted by atomic mass is 10.0. The molecule has 0 amide bonds. The zero-order chi connectivity index (χ0) is 15.7. The molecule has 1 heterocycles. The summed E-state index contributed by atoms with van der Waals surface area (Å²) in [4.78, 5) is 12.0. The van der Waals surface area contributed by atoms with E-state index in [-0.39, 0.29) is 5.97 Å². The van der Waals surface area contributed by atoms with Crippen LogP contribution in [0.4, 0.5) is 0 Å². The average molecular weight is 311 g/mol. The van der Waals surface area contributed by atoms with E-state index in [0.717, 1.165) is 16.7 Å². The van der Waals surface area contributed by atoms with Crippen molar-refractivity contribution in [2.75, 3.05) is 0 Å². The number of carbonyl (C=O) groups excluding carboxylic acids is 1. The molecule has 1 aliphatic rings. The fourth-order valence-corrected chi connectivity index (χ4v) is 2.58. The number of aryl methyl sites for hydroxylation is 2. The summed E-state index contributed by atoms with van der Waals surface area (Å²) in [5, 5.41) is 0.669. The lowest BCUT2D eigenvalue weighted by Gasteiger charge is -2.06. The summed E-state index contributed by atoms with van der Waals surface area (Å²) < 4.78 is 5.40. The highest BCUT2D eigenvalue weighted by Crippen LogP contribution is 2.29. The number of rotatable bonds is 2. The highest BCUT2D eigenvalue weighted by atomic mass is 35.5. The summed E-state index contributed by atoms with van der Waals surface area (Å²) in [5.74, 6) is 0.271.